The van der Waals surface area contributed by atoms with Crippen LogP contribution in [0.15, 0.2) is 59.1 Å². The van der Waals surface area contributed by atoms with Gasteiger partial charge in [-0.05, 0) is 63.3 Å². The Balaban J connectivity index is 1.48. The zero-order chi connectivity index (χ0) is 50.7. The van der Waals surface area contributed by atoms with E-state index in [9.17, 15) is 27.9 Å². The van der Waals surface area contributed by atoms with E-state index in [1.54, 1.807) is 44.4 Å². The number of aromatic nitrogens is 3. The Morgan fingerprint density at radius 2 is 1.70 bits per heavy atom. The van der Waals surface area contributed by atoms with E-state index in [4.69, 9.17) is 19.4 Å². The number of aliphatic carboxylic acids is 1. The second kappa shape index (κ2) is 23.8. The molecular weight excluding hydrogens is 923 g/mol. The average Bonchev–Trinajstić information content (AvgIpc) is 3.96. The smallest absolute Gasteiger partial charge is 0.329 e. The van der Waals surface area contributed by atoms with E-state index in [0.717, 1.165) is 41.5 Å². The summed E-state index contributed by atoms with van der Waals surface area (Å²) >= 11 is 1.44. The van der Waals surface area contributed by atoms with Gasteiger partial charge in [0, 0.05) is 61.2 Å². The summed E-state index contributed by atoms with van der Waals surface area (Å²) in [5, 5.41) is 25.2. The molecule has 5 N–H and O–H groups in total. The van der Waals surface area contributed by atoms with Crippen LogP contribution in [-0.2, 0) is 24.4 Å². The molecule has 0 aliphatic carbocycles. The summed E-state index contributed by atoms with van der Waals surface area (Å²) in [6.07, 6.45) is 6.43. The van der Waals surface area contributed by atoms with Crippen LogP contribution in [0.2, 0.25) is 0 Å². The van der Waals surface area contributed by atoms with Gasteiger partial charge in [-0.1, -0.05) is 79.2 Å². The molecule has 1 aliphatic heterocycles. The minimum atomic E-state index is -4.01. The lowest BCUT2D eigenvalue weighted by molar-refractivity contribution is -0.148. The second-order valence-electron chi connectivity index (χ2n) is 19.3. The van der Waals surface area contributed by atoms with Crippen LogP contribution in [0.4, 0.5) is 9.93 Å². The Morgan fingerprint density at radius 1 is 0.971 bits per heavy atom. The number of carbonyl (C=O) groups is 4. The molecular formula is C49H71N9O9S2. The highest BCUT2D eigenvalue weighted by Gasteiger charge is 2.46. The molecule has 20 heteroatoms. The number of urea groups is 1. The van der Waals surface area contributed by atoms with Gasteiger partial charge in [0.25, 0.3) is 10.0 Å². The quantitative estimate of drug-likeness (QED) is 0.0430. The highest BCUT2D eigenvalue weighted by molar-refractivity contribution is 7.89. The minimum Gasteiger partial charge on any atom is -0.497 e. The van der Waals surface area contributed by atoms with Crippen LogP contribution >= 0.6 is 11.3 Å². The molecule has 5 atom stereocenters. The molecule has 4 aromatic rings. The summed E-state index contributed by atoms with van der Waals surface area (Å²) in [6.45, 7) is 14.7. The Morgan fingerprint density at radius 3 is 2.33 bits per heavy atom. The number of unbranched alkanes of at least 4 members (excludes halogenated alkanes) is 5. The third kappa shape index (κ3) is 14.2. The van der Waals surface area contributed by atoms with Crippen molar-refractivity contribution >= 4 is 61.2 Å². The third-order valence-corrected chi connectivity index (χ3v) is 14.9. The summed E-state index contributed by atoms with van der Waals surface area (Å²) in [5.74, 6) is -1.44. The first kappa shape index (κ1) is 54.3. The van der Waals surface area contributed by atoms with Gasteiger partial charge in [-0.15, -0.1) is 11.3 Å². The van der Waals surface area contributed by atoms with E-state index >= 15 is 4.79 Å². The minimum absolute atomic E-state index is 0.00452. The molecule has 1 fully saturated rings. The van der Waals surface area contributed by atoms with Gasteiger partial charge >= 0.3 is 12.0 Å². The number of nitrogens with one attached hydrogen (secondary N) is 4. The molecule has 4 heterocycles. The lowest BCUT2D eigenvalue weighted by Gasteiger charge is -2.35. The number of likely N-dealkylation sites (N-methyl/N-ethyl adjacent to an activating group) is 1. The monoisotopic (exact) mass is 993 g/mol. The number of fused-ring (bicyclic) bond motifs is 1. The third-order valence-electron chi connectivity index (χ3n) is 12.4. The van der Waals surface area contributed by atoms with E-state index in [0.29, 0.717) is 40.2 Å². The number of sulfonamides is 1. The number of anilines is 1. The van der Waals surface area contributed by atoms with Gasteiger partial charge in [0.15, 0.2) is 10.2 Å². The molecule has 3 aromatic heterocycles. The highest BCUT2D eigenvalue weighted by atomic mass is 32.2. The van der Waals surface area contributed by atoms with Crippen LogP contribution in [0.5, 0.6) is 11.5 Å². The van der Waals surface area contributed by atoms with Gasteiger partial charge in [-0.25, -0.2) is 33.0 Å². The predicted molar refractivity (Wildman–Crippen MR) is 268 cm³/mol. The maximum absolute atomic E-state index is 15.1. The number of amides is 4. The van der Waals surface area contributed by atoms with Gasteiger partial charge in [0.1, 0.15) is 40.9 Å². The number of hydrogen-bond donors (Lipinski definition) is 5. The summed E-state index contributed by atoms with van der Waals surface area (Å²) in [4.78, 5) is 71.1. The van der Waals surface area contributed by atoms with Crippen molar-refractivity contribution in [2.45, 2.75) is 154 Å². The standard InChI is InChI=1S/C49H71N9O9S2/c1-11-13-14-15-16-17-20-35(53-46(63)55-41(48(5,6)7)29-57(9)69(64,65)42-21-18-19-24-50-42)44(60)58-28-33(26-39(58)43(59)56-49(8,12-2)45(61)62)67-40-27-37(38-30-68-47(54-38)51-31(3)4)52-36-25-32(66-10)22-23-34(36)40/h18-19,21-25,27,30-31,33,35,39,41H,11-17,20,26,28-29H2,1-10H3,(H,51,54)(H,56,59)(H,61,62)(H2,53,55,63)/t33-,35+,39+,41?,49+/m1/s1. The Hall–Kier alpha value is -5.60. The van der Waals surface area contributed by atoms with Gasteiger partial charge in [0.05, 0.1) is 24.9 Å². The molecule has 1 aromatic carbocycles. The van der Waals surface area contributed by atoms with Crippen LogP contribution in [0.3, 0.4) is 0 Å². The lowest BCUT2D eigenvalue weighted by atomic mass is 9.87. The van der Waals surface area contributed by atoms with Crippen LogP contribution < -0.4 is 30.7 Å². The number of thiazole rings is 1. The van der Waals surface area contributed by atoms with Gasteiger partial charge in [-0.3, -0.25) is 9.59 Å². The maximum Gasteiger partial charge on any atom is 0.329 e. The van der Waals surface area contributed by atoms with Crippen LogP contribution in [0.25, 0.3) is 22.3 Å². The highest BCUT2D eigenvalue weighted by Crippen LogP contribution is 2.36. The van der Waals surface area contributed by atoms with Crippen molar-refractivity contribution < 1.29 is 42.2 Å². The number of carboxylic acid groups (broad SMARTS) is 1. The topological polar surface area (TPSA) is 234 Å². The zero-order valence-electron chi connectivity index (χ0n) is 41.6. The zero-order valence-corrected chi connectivity index (χ0v) is 43.3. The van der Waals surface area contributed by atoms with Crippen molar-refractivity contribution in [2.75, 3.05) is 32.6 Å². The molecule has 1 saturated heterocycles. The molecule has 18 nitrogen and oxygen atoms in total. The normalized spacial score (nSPS) is 17.0. The molecule has 4 amide bonds. The Bertz CT molecular complexity index is 2500. The molecule has 1 aliphatic rings. The molecule has 1 unspecified atom stereocenters. The lowest BCUT2D eigenvalue weighted by Crippen LogP contribution is -2.60. The Kier molecular flexibility index (Phi) is 18.8. The number of hydrogen-bond acceptors (Lipinski definition) is 13. The molecule has 0 bridgehead atoms. The largest absolute Gasteiger partial charge is 0.497 e. The van der Waals surface area contributed by atoms with E-state index in [1.807, 2.05) is 46.1 Å². The summed E-state index contributed by atoms with van der Waals surface area (Å²) in [6, 6.07) is 8.23. The number of carbonyl (C=O) groups excluding carboxylic acids is 3. The van der Waals surface area contributed by atoms with Crippen molar-refractivity contribution in [2.24, 2.45) is 5.41 Å². The molecule has 0 radical (unpaired) electrons. The summed E-state index contributed by atoms with van der Waals surface area (Å²) in [7, 11) is -1.02. The number of benzene rings is 1. The summed E-state index contributed by atoms with van der Waals surface area (Å²) < 4.78 is 40.4. The second-order valence-corrected chi connectivity index (χ2v) is 22.1. The Labute approximate surface area is 410 Å². The fraction of sp³-hybridized carbons (Fsp3) is 0.571. The van der Waals surface area contributed by atoms with Crippen LogP contribution in [0.1, 0.15) is 113 Å². The number of pyridine rings is 2. The van der Waals surface area contributed by atoms with Crippen molar-refractivity contribution in [3.05, 3.63) is 54.0 Å². The first-order valence-electron chi connectivity index (χ1n) is 23.8. The SMILES string of the molecule is CCCCCCCC[C@H](NC(=O)NC(CN(C)S(=O)(=O)c1ccccn1)C(C)(C)C)C(=O)N1C[C@H](Oc2cc(-c3csc(NC(C)C)n3)nc3cc(OC)ccc23)C[C@H]1C(=O)N[C@@](C)(CC)C(=O)O. The van der Waals surface area contributed by atoms with E-state index in [-0.39, 0.29) is 43.4 Å². The van der Waals surface area contributed by atoms with Crippen LogP contribution in [0, 0.1) is 5.41 Å². The van der Waals surface area contributed by atoms with Crippen molar-refractivity contribution in [3.8, 4) is 22.9 Å². The maximum atomic E-state index is 15.1. The predicted octanol–water partition coefficient (Wildman–Crippen LogP) is 7.45. The number of ether oxygens (including phenoxy) is 2. The van der Waals surface area contributed by atoms with Gasteiger partial charge in [-0.2, -0.15) is 4.31 Å². The van der Waals surface area contributed by atoms with E-state index in [2.05, 4.69) is 33.2 Å². The van der Waals surface area contributed by atoms with E-state index in [1.165, 1.54) is 42.5 Å². The number of methoxy groups -OCH3 is 1. The number of likely N-dealkylation sites (tertiary alicyclic amines) is 1. The first-order valence-corrected chi connectivity index (χ1v) is 26.1. The fourth-order valence-corrected chi connectivity index (χ4v) is 9.90. The van der Waals surface area contributed by atoms with Crippen molar-refractivity contribution in [1.82, 2.24) is 40.1 Å². The fourth-order valence-electron chi connectivity index (χ4n) is 7.93. The summed E-state index contributed by atoms with van der Waals surface area (Å²) in [5.41, 5.74) is -0.564. The average molecular weight is 994 g/mol. The van der Waals surface area contributed by atoms with Gasteiger partial charge < -0.3 is 40.7 Å². The van der Waals surface area contributed by atoms with E-state index < -0.39 is 69.0 Å². The first-order chi connectivity index (χ1) is 32.6. The van der Waals surface area contributed by atoms with Crippen molar-refractivity contribution in [3.63, 3.8) is 0 Å². The number of rotatable bonds is 24. The van der Waals surface area contributed by atoms with Crippen LogP contribution in [-0.4, -0.2) is 125 Å². The molecule has 378 valence electrons. The van der Waals surface area contributed by atoms with Crippen molar-refractivity contribution in [1.29, 1.82) is 0 Å². The molecule has 0 saturated carbocycles. The molecule has 5 rings (SSSR count). The van der Waals surface area contributed by atoms with Gasteiger partial charge in [0.2, 0.25) is 11.8 Å². The molecule has 69 heavy (non-hydrogen) atoms. The molecule has 0 spiro atoms. The number of carboxylic acids is 1. The number of nitrogens with zero attached hydrogens (tertiary/aromatic N) is 5.